The van der Waals surface area contributed by atoms with Crippen molar-refractivity contribution in [2.24, 2.45) is 5.73 Å². The molecule has 0 unspecified atom stereocenters. The fraction of sp³-hybridized carbons (Fsp3) is 0.938. The minimum atomic E-state index is 0.0671. The molecule has 4 N–H and O–H groups in total. The van der Waals surface area contributed by atoms with E-state index in [1.807, 2.05) is 0 Å². The highest BCUT2D eigenvalue weighted by molar-refractivity contribution is 5.78. The molecule has 2 heterocycles. The highest BCUT2D eigenvalue weighted by Gasteiger charge is 2.38. The number of piperidine rings is 2. The number of nitrogens with two attached hydrogens (primary N) is 1. The number of amides is 1. The van der Waals surface area contributed by atoms with Crippen LogP contribution in [-0.2, 0) is 4.79 Å². The molecule has 2 aliphatic rings. The maximum atomic E-state index is 12.3. The molecule has 1 amide bonds. The first-order chi connectivity index (χ1) is 9.65. The van der Waals surface area contributed by atoms with E-state index < -0.39 is 0 Å². The van der Waals surface area contributed by atoms with Gasteiger partial charge in [-0.25, -0.2) is 0 Å². The molecular formula is C16H32N4O. The van der Waals surface area contributed by atoms with Crippen LogP contribution in [-0.4, -0.2) is 53.6 Å². The van der Waals surface area contributed by atoms with Gasteiger partial charge in [0.15, 0.2) is 0 Å². The molecule has 21 heavy (non-hydrogen) atoms. The third-order valence-electron chi connectivity index (χ3n) is 4.55. The summed E-state index contributed by atoms with van der Waals surface area (Å²) >= 11 is 0. The quantitative estimate of drug-likeness (QED) is 0.722. The van der Waals surface area contributed by atoms with Gasteiger partial charge < -0.3 is 16.4 Å². The van der Waals surface area contributed by atoms with E-state index in [4.69, 9.17) is 5.73 Å². The molecule has 122 valence electrons. The second kappa shape index (κ2) is 6.23. The van der Waals surface area contributed by atoms with Crippen molar-refractivity contribution >= 4 is 5.91 Å². The Hall–Kier alpha value is -0.650. The minimum absolute atomic E-state index is 0.0671. The molecule has 0 saturated carbocycles. The monoisotopic (exact) mass is 296 g/mol. The SMILES string of the molecule is CC1(C)CC(NC(=O)CN2CCC(N)CC2)CC(C)(C)N1. The lowest BCUT2D eigenvalue weighted by Crippen LogP contribution is -2.62. The minimum Gasteiger partial charge on any atom is -0.352 e. The molecular weight excluding hydrogens is 264 g/mol. The van der Waals surface area contributed by atoms with E-state index in [-0.39, 0.29) is 23.0 Å². The number of likely N-dealkylation sites (tertiary alicyclic amines) is 1. The zero-order chi connectivity index (χ0) is 15.7. The summed E-state index contributed by atoms with van der Waals surface area (Å²) in [5.41, 5.74) is 6.04. The zero-order valence-corrected chi connectivity index (χ0v) is 14.0. The van der Waals surface area contributed by atoms with Crippen molar-refractivity contribution < 1.29 is 4.79 Å². The summed E-state index contributed by atoms with van der Waals surface area (Å²) in [4.78, 5) is 14.5. The van der Waals surface area contributed by atoms with E-state index in [2.05, 4.69) is 43.2 Å². The summed E-state index contributed by atoms with van der Waals surface area (Å²) in [6.07, 6.45) is 3.96. The molecule has 2 saturated heterocycles. The Balaban J connectivity index is 1.82. The molecule has 5 heteroatoms. The lowest BCUT2D eigenvalue weighted by molar-refractivity contribution is -0.123. The van der Waals surface area contributed by atoms with Crippen LogP contribution in [0, 0.1) is 0 Å². The van der Waals surface area contributed by atoms with Gasteiger partial charge in [-0.2, -0.15) is 0 Å². The number of carbonyl (C=O) groups excluding carboxylic acids is 1. The summed E-state index contributed by atoms with van der Waals surface area (Å²) < 4.78 is 0. The Morgan fingerprint density at radius 2 is 1.71 bits per heavy atom. The Bertz CT molecular complexity index is 356. The predicted molar refractivity (Wildman–Crippen MR) is 86.1 cm³/mol. The fourth-order valence-corrected chi connectivity index (χ4v) is 4.01. The van der Waals surface area contributed by atoms with Gasteiger partial charge in [0.05, 0.1) is 6.54 Å². The summed E-state index contributed by atoms with van der Waals surface area (Å²) in [5.74, 6) is 0.156. The standard InChI is InChI=1S/C16H32N4O/c1-15(2)9-13(10-16(3,4)19-15)18-14(21)11-20-7-5-12(17)6-8-20/h12-13,19H,5-11,17H2,1-4H3,(H,18,21). The van der Waals surface area contributed by atoms with Crippen LogP contribution >= 0.6 is 0 Å². The molecule has 0 bridgehead atoms. The maximum absolute atomic E-state index is 12.3. The van der Waals surface area contributed by atoms with Gasteiger partial charge in [-0.05, 0) is 53.4 Å². The third kappa shape index (κ3) is 5.24. The van der Waals surface area contributed by atoms with Crippen LogP contribution in [0.25, 0.3) is 0 Å². The molecule has 5 nitrogen and oxygen atoms in total. The number of nitrogens with zero attached hydrogens (tertiary/aromatic N) is 1. The van der Waals surface area contributed by atoms with E-state index in [0.717, 1.165) is 38.8 Å². The van der Waals surface area contributed by atoms with Crippen molar-refractivity contribution in [3.63, 3.8) is 0 Å². The van der Waals surface area contributed by atoms with E-state index >= 15 is 0 Å². The van der Waals surface area contributed by atoms with E-state index in [1.165, 1.54) is 0 Å². The fourth-order valence-electron chi connectivity index (χ4n) is 4.01. The average molecular weight is 296 g/mol. The van der Waals surface area contributed by atoms with Gasteiger partial charge in [0, 0.05) is 36.3 Å². The summed E-state index contributed by atoms with van der Waals surface area (Å²) in [6, 6.07) is 0.575. The van der Waals surface area contributed by atoms with Gasteiger partial charge in [-0.1, -0.05) is 0 Å². The van der Waals surface area contributed by atoms with Crippen LogP contribution in [0.15, 0.2) is 0 Å². The molecule has 0 radical (unpaired) electrons. The van der Waals surface area contributed by atoms with Gasteiger partial charge in [-0.3, -0.25) is 9.69 Å². The first-order valence-corrected chi connectivity index (χ1v) is 8.22. The molecule has 2 aliphatic heterocycles. The van der Waals surface area contributed by atoms with Gasteiger partial charge >= 0.3 is 0 Å². The molecule has 0 spiro atoms. The molecule has 0 aliphatic carbocycles. The van der Waals surface area contributed by atoms with E-state index in [9.17, 15) is 4.79 Å². The maximum Gasteiger partial charge on any atom is 0.234 e. The molecule has 2 rings (SSSR count). The lowest BCUT2D eigenvalue weighted by atomic mass is 9.79. The van der Waals surface area contributed by atoms with Crippen molar-refractivity contribution in [3.8, 4) is 0 Å². The number of hydrogen-bond donors (Lipinski definition) is 3. The highest BCUT2D eigenvalue weighted by Crippen LogP contribution is 2.28. The van der Waals surface area contributed by atoms with Gasteiger partial charge in [0.2, 0.25) is 5.91 Å². The smallest absolute Gasteiger partial charge is 0.234 e. The zero-order valence-electron chi connectivity index (χ0n) is 14.0. The average Bonchev–Trinajstić information content (AvgIpc) is 2.27. The molecule has 0 aromatic heterocycles. The Kier molecular flexibility index (Phi) is 4.96. The number of nitrogens with one attached hydrogen (secondary N) is 2. The predicted octanol–water partition coefficient (Wildman–Crippen LogP) is 0.835. The lowest BCUT2D eigenvalue weighted by Gasteiger charge is -2.46. The van der Waals surface area contributed by atoms with E-state index in [0.29, 0.717) is 12.6 Å². The van der Waals surface area contributed by atoms with Crippen molar-refractivity contribution in [1.82, 2.24) is 15.5 Å². The number of hydrogen-bond acceptors (Lipinski definition) is 4. The van der Waals surface area contributed by atoms with Gasteiger partial charge in [0.1, 0.15) is 0 Å². The molecule has 0 aromatic rings. The molecule has 0 aromatic carbocycles. The number of carbonyl (C=O) groups is 1. The molecule has 2 fully saturated rings. The van der Waals surface area contributed by atoms with Crippen molar-refractivity contribution in [3.05, 3.63) is 0 Å². The Labute approximate surface area is 129 Å². The Morgan fingerprint density at radius 3 is 2.24 bits per heavy atom. The van der Waals surface area contributed by atoms with Crippen LogP contribution < -0.4 is 16.4 Å². The largest absolute Gasteiger partial charge is 0.352 e. The van der Waals surface area contributed by atoms with Crippen molar-refractivity contribution in [2.45, 2.75) is 76.5 Å². The normalized spacial score (nSPS) is 27.5. The first-order valence-electron chi connectivity index (χ1n) is 8.22. The summed E-state index contributed by atoms with van der Waals surface area (Å²) in [7, 11) is 0. The van der Waals surface area contributed by atoms with E-state index in [1.54, 1.807) is 0 Å². The topological polar surface area (TPSA) is 70.4 Å². The van der Waals surface area contributed by atoms with Crippen molar-refractivity contribution in [2.75, 3.05) is 19.6 Å². The van der Waals surface area contributed by atoms with Crippen LogP contribution in [0.1, 0.15) is 53.4 Å². The van der Waals surface area contributed by atoms with Crippen molar-refractivity contribution in [1.29, 1.82) is 0 Å². The summed E-state index contributed by atoms with van der Waals surface area (Å²) in [6.45, 7) is 11.2. The van der Waals surface area contributed by atoms with Crippen LogP contribution in [0.3, 0.4) is 0 Å². The summed E-state index contributed by atoms with van der Waals surface area (Å²) in [5, 5.41) is 6.88. The second-order valence-electron chi connectivity index (χ2n) is 8.18. The van der Waals surface area contributed by atoms with Gasteiger partial charge in [-0.15, -0.1) is 0 Å². The second-order valence-corrected chi connectivity index (χ2v) is 8.18. The van der Waals surface area contributed by atoms with Crippen LogP contribution in [0.4, 0.5) is 0 Å². The van der Waals surface area contributed by atoms with Crippen LogP contribution in [0.2, 0.25) is 0 Å². The third-order valence-corrected chi connectivity index (χ3v) is 4.55. The number of rotatable bonds is 3. The Morgan fingerprint density at radius 1 is 1.19 bits per heavy atom. The highest BCUT2D eigenvalue weighted by atomic mass is 16.2. The van der Waals surface area contributed by atoms with Crippen LogP contribution in [0.5, 0.6) is 0 Å². The van der Waals surface area contributed by atoms with Gasteiger partial charge in [0.25, 0.3) is 0 Å². The molecule has 0 atom stereocenters. The first kappa shape index (κ1) is 16.7.